The number of fused-ring (bicyclic) bond motifs is 1. The van der Waals surface area contributed by atoms with Gasteiger partial charge in [-0.2, -0.15) is 0 Å². The molecule has 0 bridgehead atoms. The van der Waals surface area contributed by atoms with Crippen LogP contribution in [0.5, 0.6) is 5.75 Å². The van der Waals surface area contributed by atoms with Gasteiger partial charge in [-0.15, -0.1) is 0 Å². The van der Waals surface area contributed by atoms with Crippen molar-refractivity contribution in [1.82, 2.24) is 0 Å². The van der Waals surface area contributed by atoms with Crippen LogP contribution in [-0.2, 0) is 26.0 Å². The molecule has 1 aliphatic heterocycles. The molecule has 0 saturated carbocycles. The summed E-state index contributed by atoms with van der Waals surface area (Å²) in [5.74, 6) is 0.270. The molecule has 0 atom stereocenters. The molecular formula is C18H19ClN2O5S. The van der Waals surface area contributed by atoms with Gasteiger partial charge in [0.1, 0.15) is 12.4 Å². The van der Waals surface area contributed by atoms with Crippen LogP contribution in [0, 0.1) is 0 Å². The summed E-state index contributed by atoms with van der Waals surface area (Å²) < 4.78 is 37.7. The summed E-state index contributed by atoms with van der Waals surface area (Å²) in [5, 5.41) is 0.210. The number of ether oxygens (including phenoxy) is 2. The van der Waals surface area contributed by atoms with Crippen LogP contribution in [0.1, 0.15) is 5.56 Å². The first kappa shape index (κ1) is 19.5. The van der Waals surface area contributed by atoms with Gasteiger partial charge in [-0.3, -0.25) is 9.52 Å². The average molecular weight is 411 g/mol. The second-order valence-electron chi connectivity index (χ2n) is 5.97. The van der Waals surface area contributed by atoms with Gasteiger partial charge in [0.2, 0.25) is 0 Å². The maximum atomic E-state index is 12.6. The third kappa shape index (κ3) is 4.02. The number of sulfonamides is 1. The van der Waals surface area contributed by atoms with E-state index in [9.17, 15) is 13.2 Å². The van der Waals surface area contributed by atoms with Crippen molar-refractivity contribution in [3.05, 3.63) is 47.0 Å². The molecule has 0 unspecified atom stereocenters. The molecule has 144 valence electrons. The van der Waals surface area contributed by atoms with Crippen LogP contribution in [-0.4, -0.2) is 41.7 Å². The lowest BCUT2D eigenvalue weighted by Gasteiger charge is -2.17. The zero-order valence-corrected chi connectivity index (χ0v) is 16.4. The van der Waals surface area contributed by atoms with E-state index in [0.717, 1.165) is 11.3 Å². The Morgan fingerprint density at radius 2 is 2.00 bits per heavy atom. The third-order valence-electron chi connectivity index (χ3n) is 4.23. The monoisotopic (exact) mass is 410 g/mol. The highest BCUT2D eigenvalue weighted by Crippen LogP contribution is 2.32. The Morgan fingerprint density at radius 3 is 2.67 bits per heavy atom. The van der Waals surface area contributed by atoms with Gasteiger partial charge in [-0.25, -0.2) is 8.42 Å². The number of halogens is 1. The maximum absolute atomic E-state index is 12.6. The maximum Gasteiger partial charge on any atom is 0.261 e. The number of rotatable bonds is 6. The van der Waals surface area contributed by atoms with Crippen LogP contribution >= 0.6 is 11.6 Å². The van der Waals surface area contributed by atoms with Crippen LogP contribution in [0.4, 0.5) is 11.4 Å². The van der Waals surface area contributed by atoms with E-state index >= 15 is 0 Å². The van der Waals surface area contributed by atoms with E-state index in [-0.39, 0.29) is 22.4 Å². The number of benzene rings is 2. The van der Waals surface area contributed by atoms with Crippen molar-refractivity contribution in [3.63, 3.8) is 0 Å². The number of anilines is 2. The fraction of sp³-hybridized carbons (Fsp3) is 0.278. The molecule has 0 saturated heterocycles. The molecule has 27 heavy (non-hydrogen) atoms. The zero-order valence-electron chi connectivity index (χ0n) is 14.9. The summed E-state index contributed by atoms with van der Waals surface area (Å²) in [4.78, 5) is 13.7. The minimum absolute atomic E-state index is 0.00600. The molecule has 1 amide bonds. The molecule has 1 aliphatic rings. The van der Waals surface area contributed by atoms with Gasteiger partial charge in [-0.05, 0) is 48.4 Å². The quantitative estimate of drug-likeness (QED) is 0.791. The summed E-state index contributed by atoms with van der Waals surface area (Å²) in [5.41, 5.74) is 2.08. The normalized spacial score (nSPS) is 13.4. The molecule has 1 N–H and O–H groups in total. The predicted molar refractivity (Wildman–Crippen MR) is 103 cm³/mol. The van der Waals surface area contributed by atoms with E-state index in [4.69, 9.17) is 21.1 Å². The number of nitrogens with one attached hydrogen (secondary N) is 1. The smallest absolute Gasteiger partial charge is 0.261 e. The number of hydrogen-bond donors (Lipinski definition) is 1. The van der Waals surface area contributed by atoms with Crippen LogP contribution < -0.4 is 14.4 Å². The van der Waals surface area contributed by atoms with Crippen molar-refractivity contribution in [1.29, 1.82) is 0 Å². The van der Waals surface area contributed by atoms with Gasteiger partial charge in [-0.1, -0.05) is 11.6 Å². The summed E-state index contributed by atoms with van der Waals surface area (Å²) in [6.45, 7) is 0.549. The Labute approximate surface area is 162 Å². The van der Waals surface area contributed by atoms with Gasteiger partial charge in [0.25, 0.3) is 15.9 Å². The molecule has 7 nitrogen and oxygen atoms in total. The van der Waals surface area contributed by atoms with Crippen LogP contribution in [0.25, 0.3) is 0 Å². The van der Waals surface area contributed by atoms with Crippen molar-refractivity contribution < 1.29 is 22.7 Å². The number of carbonyl (C=O) groups is 1. The van der Waals surface area contributed by atoms with Crippen molar-refractivity contribution in [2.75, 3.05) is 37.0 Å². The van der Waals surface area contributed by atoms with Gasteiger partial charge in [0, 0.05) is 25.0 Å². The minimum atomic E-state index is -3.81. The van der Waals surface area contributed by atoms with E-state index in [1.165, 1.54) is 32.4 Å². The molecule has 1 heterocycles. The average Bonchev–Trinajstić information content (AvgIpc) is 3.04. The molecule has 0 spiro atoms. The van der Waals surface area contributed by atoms with Gasteiger partial charge in [0.15, 0.2) is 0 Å². The Hall–Kier alpha value is -2.29. The van der Waals surface area contributed by atoms with E-state index < -0.39 is 10.0 Å². The lowest BCUT2D eigenvalue weighted by molar-refractivity contribution is -0.122. The highest BCUT2D eigenvalue weighted by Gasteiger charge is 2.25. The first-order valence-corrected chi connectivity index (χ1v) is 10.0. The summed E-state index contributed by atoms with van der Waals surface area (Å²) in [6.07, 6.45) is 0.648. The van der Waals surface area contributed by atoms with Crippen LogP contribution in [0.15, 0.2) is 41.3 Å². The van der Waals surface area contributed by atoms with E-state index in [2.05, 4.69) is 4.72 Å². The SMILES string of the molecule is COCC(=O)N1CCc2cc(NS(=O)(=O)c3ccc(OC)c(Cl)c3)ccc21. The molecule has 3 rings (SSSR count). The third-order valence-corrected chi connectivity index (χ3v) is 5.90. The molecule has 9 heteroatoms. The van der Waals surface area contributed by atoms with Crippen molar-refractivity contribution in [2.24, 2.45) is 0 Å². The number of amides is 1. The summed E-state index contributed by atoms with van der Waals surface area (Å²) >= 11 is 6.02. The largest absolute Gasteiger partial charge is 0.495 e. The number of hydrogen-bond acceptors (Lipinski definition) is 5. The van der Waals surface area contributed by atoms with Gasteiger partial charge >= 0.3 is 0 Å². The predicted octanol–water partition coefficient (Wildman–Crippen LogP) is 2.68. The van der Waals surface area contributed by atoms with E-state index in [1.807, 2.05) is 0 Å². The lowest BCUT2D eigenvalue weighted by Crippen LogP contribution is -2.31. The number of methoxy groups -OCH3 is 2. The lowest BCUT2D eigenvalue weighted by atomic mass is 10.1. The van der Waals surface area contributed by atoms with E-state index in [1.54, 1.807) is 23.1 Å². The van der Waals surface area contributed by atoms with Gasteiger partial charge in [0.05, 0.1) is 17.0 Å². The first-order valence-electron chi connectivity index (χ1n) is 8.14. The molecule has 0 aliphatic carbocycles. The second-order valence-corrected chi connectivity index (χ2v) is 8.06. The Morgan fingerprint density at radius 1 is 1.22 bits per heavy atom. The van der Waals surface area contributed by atoms with Crippen LogP contribution in [0.3, 0.4) is 0 Å². The molecular weight excluding hydrogens is 392 g/mol. The minimum Gasteiger partial charge on any atom is -0.495 e. The first-order chi connectivity index (χ1) is 12.9. The summed E-state index contributed by atoms with van der Waals surface area (Å²) in [7, 11) is -0.880. The van der Waals surface area contributed by atoms with Crippen molar-refractivity contribution >= 4 is 38.9 Å². The Balaban J connectivity index is 1.82. The molecule has 2 aromatic rings. The second kappa shape index (κ2) is 7.75. The zero-order chi connectivity index (χ0) is 19.6. The highest BCUT2D eigenvalue weighted by atomic mass is 35.5. The van der Waals surface area contributed by atoms with Crippen LogP contribution in [0.2, 0.25) is 5.02 Å². The Kier molecular flexibility index (Phi) is 5.59. The fourth-order valence-electron chi connectivity index (χ4n) is 2.95. The highest BCUT2D eigenvalue weighted by molar-refractivity contribution is 7.92. The summed E-state index contributed by atoms with van der Waals surface area (Å²) in [6, 6.07) is 9.35. The Bertz CT molecular complexity index is 978. The van der Waals surface area contributed by atoms with Gasteiger partial charge < -0.3 is 14.4 Å². The molecule has 2 aromatic carbocycles. The van der Waals surface area contributed by atoms with E-state index in [0.29, 0.717) is 24.4 Å². The molecule has 0 fully saturated rings. The van der Waals surface area contributed by atoms with Crippen molar-refractivity contribution in [3.8, 4) is 5.75 Å². The topological polar surface area (TPSA) is 84.9 Å². The standard InChI is InChI=1S/C18H19ClN2O5S/c1-25-11-18(22)21-8-7-12-9-13(3-5-16(12)21)20-27(23,24)14-4-6-17(26-2)15(19)10-14/h3-6,9-10,20H,7-8,11H2,1-2H3. The number of nitrogens with zero attached hydrogens (tertiary/aromatic N) is 1. The van der Waals surface area contributed by atoms with Crippen molar-refractivity contribution in [2.45, 2.75) is 11.3 Å². The molecule has 0 aromatic heterocycles. The number of carbonyl (C=O) groups excluding carboxylic acids is 1. The fourth-order valence-corrected chi connectivity index (χ4v) is 4.35. The molecule has 0 radical (unpaired) electrons.